The minimum atomic E-state index is -0.532. The molecule has 0 radical (unpaired) electrons. The average molecular weight is 535 g/mol. The van der Waals surface area contributed by atoms with Gasteiger partial charge in [0, 0.05) is 5.02 Å². The first kappa shape index (κ1) is 29.7. The van der Waals surface area contributed by atoms with Gasteiger partial charge in [-0.25, -0.2) is 0 Å². The van der Waals surface area contributed by atoms with E-state index in [4.69, 9.17) is 40.0 Å². The second-order valence-electron chi connectivity index (χ2n) is 11.2. The van der Waals surface area contributed by atoms with Gasteiger partial charge < -0.3 is 28.4 Å². The van der Waals surface area contributed by atoms with Crippen molar-refractivity contribution in [1.29, 1.82) is 0 Å². The minimum Gasteiger partial charge on any atom is -0.487 e. The Kier molecular flexibility index (Phi) is 10.3. The molecular formula is C30H43ClO6. The number of ether oxygens (including phenoxy) is 6. The van der Waals surface area contributed by atoms with E-state index >= 15 is 0 Å². The summed E-state index contributed by atoms with van der Waals surface area (Å²) in [6, 6.07) is 17.3. The highest BCUT2D eigenvalue weighted by atomic mass is 35.5. The molecule has 2 aromatic rings. The highest BCUT2D eigenvalue weighted by Crippen LogP contribution is 2.31. The third-order valence-electron chi connectivity index (χ3n) is 6.19. The van der Waals surface area contributed by atoms with Crippen LogP contribution in [0.1, 0.15) is 55.4 Å². The van der Waals surface area contributed by atoms with Crippen LogP contribution in [0.2, 0.25) is 5.02 Å². The van der Waals surface area contributed by atoms with Crippen LogP contribution in [0.4, 0.5) is 0 Å². The highest BCUT2D eigenvalue weighted by Gasteiger charge is 2.40. The largest absolute Gasteiger partial charge is 0.487 e. The van der Waals surface area contributed by atoms with Crippen molar-refractivity contribution < 1.29 is 28.4 Å². The number of hydrogen-bond donors (Lipinski definition) is 0. The predicted octanol–water partition coefficient (Wildman–Crippen LogP) is 7.14. The lowest BCUT2D eigenvalue weighted by molar-refractivity contribution is -0.152. The third kappa shape index (κ3) is 9.15. The zero-order chi connectivity index (χ0) is 27.2. The molecule has 0 spiro atoms. The van der Waals surface area contributed by atoms with Gasteiger partial charge in [0.2, 0.25) is 0 Å². The molecule has 37 heavy (non-hydrogen) atoms. The maximum atomic E-state index is 6.05. The van der Waals surface area contributed by atoms with Crippen LogP contribution in [-0.4, -0.2) is 49.2 Å². The average Bonchev–Trinajstić information content (AvgIpc) is 3.37. The van der Waals surface area contributed by atoms with Crippen molar-refractivity contribution in [2.24, 2.45) is 11.8 Å². The standard InChI is InChI=1S/C15H21ClO3.C15H22O3/c1-10(2)14(13-9-17-15(3,4)19-13)18-12-7-5-6-11(16)8-12;1-11(2)14(13-10-16-15(3,4)18-13)17-12-8-6-5-7-9-12/h5-8,10,13-14H,9H2,1-4H3;5-9,11,13-14H,10H2,1-4H3/t2*13-,14-/m11/s1. The molecule has 0 N–H and O–H groups in total. The van der Waals surface area contributed by atoms with Gasteiger partial charge in [0.25, 0.3) is 0 Å². The Morgan fingerprint density at radius 2 is 1.16 bits per heavy atom. The first-order chi connectivity index (χ1) is 17.3. The maximum absolute atomic E-state index is 6.05. The Labute approximate surface area is 227 Å². The summed E-state index contributed by atoms with van der Waals surface area (Å²) in [5.74, 6) is 1.30. The minimum absolute atomic E-state index is 0.00850. The lowest BCUT2D eigenvalue weighted by Gasteiger charge is -2.28. The fourth-order valence-electron chi connectivity index (χ4n) is 4.39. The SMILES string of the molecule is CC(C)[C@@H](Oc1cccc(Cl)c1)[C@H]1COC(C)(C)O1.CC(C)[C@@H](Oc1ccccc1)[C@H]1COC(C)(C)O1. The summed E-state index contributed by atoms with van der Waals surface area (Å²) in [5.41, 5.74) is 0. The zero-order valence-corrected chi connectivity index (χ0v) is 24.2. The molecule has 0 saturated carbocycles. The van der Waals surface area contributed by atoms with E-state index in [2.05, 4.69) is 27.7 Å². The van der Waals surface area contributed by atoms with Gasteiger partial charge in [-0.15, -0.1) is 0 Å². The van der Waals surface area contributed by atoms with Crippen LogP contribution in [0.3, 0.4) is 0 Å². The van der Waals surface area contributed by atoms with Gasteiger partial charge in [-0.1, -0.05) is 63.6 Å². The number of halogens is 1. The van der Waals surface area contributed by atoms with Gasteiger partial charge in [0.05, 0.1) is 13.2 Å². The van der Waals surface area contributed by atoms with E-state index in [1.165, 1.54) is 0 Å². The summed E-state index contributed by atoms with van der Waals surface area (Å²) >= 11 is 5.98. The Morgan fingerprint density at radius 3 is 1.57 bits per heavy atom. The van der Waals surface area contributed by atoms with E-state index in [9.17, 15) is 0 Å². The zero-order valence-electron chi connectivity index (χ0n) is 23.4. The molecule has 2 saturated heterocycles. The Morgan fingerprint density at radius 1 is 0.703 bits per heavy atom. The fourth-order valence-corrected chi connectivity index (χ4v) is 4.57. The van der Waals surface area contributed by atoms with E-state index in [1.54, 1.807) is 0 Å². The van der Waals surface area contributed by atoms with Gasteiger partial charge in [-0.2, -0.15) is 0 Å². The van der Waals surface area contributed by atoms with Gasteiger partial charge in [0.1, 0.15) is 35.9 Å². The molecule has 4 rings (SSSR count). The molecule has 206 valence electrons. The molecular weight excluding hydrogens is 492 g/mol. The summed E-state index contributed by atoms with van der Waals surface area (Å²) in [4.78, 5) is 0. The maximum Gasteiger partial charge on any atom is 0.163 e. The second-order valence-corrected chi connectivity index (χ2v) is 11.6. The van der Waals surface area contributed by atoms with Crippen LogP contribution in [0.25, 0.3) is 0 Å². The van der Waals surface area contributed by atoms with Crippen molar-refractivity contribution >= 4 is 11.6 Å². The van der Waals surface area contributed by atoms with Crippen molar-refractivity contribution in [3.05, 3.63) is 59.6 Å². The molecule has 2 aromatic carbocycles. The van der Waals surface area contributed by atoms with Gasteiger partial charge in [0.15, 0.2) is 11.6 Å². The van der Waals surface area contributed by atoms with Crippen molar-refractivity contribution in [1.82, 2.24) is 0 Å². The predicted molar refractivity (Wildman–Crippen MR) is 146 cm³/mol. The Bertz CT molecular complexity index is 962. The number of benzene rings is 2. The summed E-state index contributed by atoms with van der Waals surface area (Å²) in [6.45, 7) is 17.4. The van der Waals surface area contributed by atoms with Gasteiger partial charge in [-0.3, -0.25) is 0 Å². The fraction of sp³-hybridized carbons (Fsp3) is 0.600. The van der Waals surface area contributed by atoms with Crippen LogP contribution < -0.4 is 9.47 Å². The molecule has 0 aliphatic carbocycles. The molecule has 2 fully saturated rings. The first-order valence-corrected chi connectivity index (χ1v) is 13.5. The van der Waals surface area contributed by atoms with Crippen molar-refractivity contribution in [3.8, 4) is 11.5 Å². The molecule has 6 nitrogen and oxygen atoms in total. The van der Waals surface area contributed by atoms with E-state index in [1.807, 2.05) is 82.3 Å². The lowest BCUT2D eigenvalue weighted by atomic mass is 10.0. The molecule has 2 aliphatic heterocycles. The quantitative estimate of drug-likeness (QED) is 0.359. The van der Waals surface area contributed by atoms with Crippen LogP contribution in [0.15, 0.2) is 54.6 Å². The smallest absolute Gasteiger partial charge is 0.163 e. The Balaban J connectivity index is 0.000000206. The molecule has 0 amide bonds. The van der Waals surface area contributed by atoms with Crippen molar-refractivity contribution in [2.75, 3.05) is 13.2 Å². The normalized spacial score (nSPS) is 23.9. The number of para-hydroxylation sites is 1. The third-order valence-corrected chi connectivity index (χ3v) is 6.43. The second kappa shape index (κ2) is 12.8. The molecule has 7 heteroatoms. The van der Waals surface area contributed by atoms with E-state index in [0.717, 1.165) is 11.5 Å². The van der Waals surface area contributed by atoms with E-state index in [0.29, 0.717) is 30.1 Å². The van der Waals surface area contributed by atoms with Crippen molar-refractivity contribution in [3.63, 3.8) is 0 Å². The lowest BCUT2D eigenvalue weighted by Crippen LogP contribution is -2.39. The van der Waals surface area contributed by atoms with E-state index in [-0.39, 0.29) is 24.4 Å². The summed E-state index contributed by atoms with van der Waals surface area (Å²) in [7, 11) is 0. The molecule has 2 heterocycles. The molecule has 4 atom stereocenters. The Hall–Kier alpha value is -1.83. The summed E-state index contributed by atoms with van der Waals surface area (Å²) in [6.07, 6.45) is -0.122. The highest BCUT2D eigenvalue weighted by molar-refractivity contribution is 6.30. The topological polar surface area (TPSA) is 55.4 Å². The summed E-state index contributed by atoms with van der Waals surface area (Å²) < 4.78 is 35.1. The molecule has 0 aromatic heterocycles. The number of rotatable bonds is 8. The van der Waals surface area contributed by atoms with Gasteiger partial charge >= 0.3 is 0 Å². The van der Waals surface area contributed by atoms with Gasteiger partial charge in [-0.05, 0) is 69.9 Å². The van der Waals surface area contributed by atoms with Crippen LogP contribution >= 0.6 is 11.6 Å². The molecule has 2 aliphatic rings. The van der Waals surface area contributed by atoms with E-state index < -0.39 is 11.6 Å². The van der Waals surface area contributed by atoms with Crippen LogP contribution in [0, 0.1) is 11.8 Å². The molecule has 0 bridgehead atoms. The van der Waals surface area contributed by atoms with Crippen LogP contribution in [-0.2, 0) is 18.9 Å². The van der Waals surface area contributed by atoms with Crippen LogP contribution in [0.5, 0.6) is 11.5 Å². The van der Waals surface area contributed by atoms with Crippen molar-refractivity contribution in [2.45, 2.75) is 91.4 Å². The first-order valence-electron chi connectivity index (χ1n) is 13.1. The summed E-state index contributed by atoms with van der Waals surface area (Å²) in [5, 5.41) is 0.670. The number of hydrogen-bond acceptors (Lipinski definition) is 6. The monoisotopic (exact) mass is 534 g/mol. The molecule has 0 unspecified atom stereocenters.